The molecule has 0 unspecified atom stereocenters. The first-order chi connectivity index (χ1) is 10.8. The fraction of sp³-hybridized carbons (Fsp3) is 0.579. The molecule has 0 bridgehead atoms. The Morgan fingerprint density at radius 2 is 1.74 bits per heavy atom. The Balaban J connectivity index is 1.82. The standard InChI is InChI=1S/C19H25BrO3/c1-19(2,3)14-10-8-13(9-11-14)18(22)23-12-17(21)15-6-4-5-7-16(15)20/h4-7,13-14H,8-12H2,1-3H3. The molecule has 1 aromatic carbocycles. The molecule has 0 saturated heterocycles. The minimum atomic E-state index is -0.224. The van der Waals surface area contributed by atoms with E-state index in [2.05, 4.69) is 36.7 Å². The predicted molar refractivity (Wildman–Crippen MR) is 94.3 cm³/mol. The summed E-state index contributed by atoms with van der Waals surface area (Å²) in [5.41, 5.74) is 0.849. The van der Waals surface area contributed by atoms with Crippen LogP contribution in [0, 0.1) is 17.3 Å². The maximum atomic E-state index is 12.2. The lowest BCUT2D eigenvalue weighted by molar-refractivity contribution is -0.149. The molecule has 1 fully saturated rings. The maximum absolute atomic E-state index is 12.2. The van der Waals surface area contributed by atoms with Crippen LogP contribution in [0.1, 0.15) is 56.8 Å². The second kappa shape index (κ2) is 7.61. The Bertz CT molecular complexity index is 566. The van der Waals surface area contributed by atoms with Gasteiger partial charge in [-0.05, 0) is 43.1 Å². The van der Waals surface area contributed by atoms with Crippen LogP contribution in [0.4, 0.5) is 0 Å². The van der Waals surface area contributed by atoms with Crippen molar-refractivity contribution in [3.8, 4) is 0 Å². The summed E-state index contributed by atoms with van der Waals surface area (Å²) >= 11 is 3.34. The zero-order chi connectivity index (χ0) is 17.0. The van der Waals surface area contributed by atoms with Gasteiger partial charge in [0.2, 0.25) is 5.78 Å². The van der Waals surface area contributed by atoms with Gasteiger partial charge < -0.3 is 4.74 Å². The molecule has 0 aliphatic heterocycles. The van der Waals surface area contributed by atoms with Gasteiger partial charge in [-0.3, -0.25) is 9.59 Å². The number of ether oxygens (including phenoxy) is 1. The summed E-state index contributed by atoms with van der Waals surface area (Å²) in [6.07, 6.45) is 3.84. The highest BCUT2D eigenvalue weighted by molar-refractivity contribution is 9.10. The number of Topliss-reactive ketones (excluding diaryl/α,β-unsaturated/α-hetero) is 1. The fourth-order valence-corrected chi connectivity index (χ4v) is 3.72. The Labute approximate surface area is 146 Å². The average Bonchev–Trinajstić information content (AvgIpc) is 2.52. The molecule has 3 nitrogen and oxygen atoms in total. The molecule has 1 aliphatic carbocycles. The first-order valence-electron chi connectivity index (χ1n) is 8.23. The lowest BCUT2D eigenvalue weighted by Crippen LogP contribution is -2.30. The smallest absolute Gasteiger partial charge is 0.309 e. The monoisotopic (exact) mass is 380 g/mol. The molecule has 0 atom stereocenters. The number of hydrogen-bond donors (Lipinski definition) is 0. The summed E-state index contributed by atoms with van der Waals surface area (Å²) in [6, 6.07) is 7.19. The van der Waals surface area contributed by atoms with E-state index in [9.17, 15) is 9.59 Å². The molecule has 0 aromatic heterocycles. The first kappa shape index (κ1) is 18.2. The van der Waals surface area contributed by atoms with Crippen LogP contribution in [-0.4, -0.2) is 18.4 Å². The van der Waals surface area contributed by atoms with Gasteiger partial charge in [-0.1, -0.05) is 54.9 Å². The van der Waals surface area contributed by atoms with Crippen LogP contribution < -0.4 is 0 Å². The van der Waals surface area contributed by atoms with Crippen LogP contribution in [0.25, 0.3) is 0 Å². The topological polar surface area (TPSA) is 43.4 Å². The lowest BCUT2D eigenvalue weighted by Gasteiger charge is -2.36. The molecule has 0 heterocycles. The van der Waals surface area contributed by atoms with E-state index in [4.69, 9.17) is 4.74 Å². The third-order valence-electron chi connectivity index (χ3n) is 4.81. The summed E-state index contributed by atoms with van der Waals surface area (Å²) in [5, 5.41) is 0. The molecule has 1 aliphatic rings. The summed E-state index contributed by atoms with van der Waals surface area (Å²) in [7, 11) is 0. The lowest BCUT2D eigenvalue weighted by atomic mass is 9.70. The third-order valence-corrected chi connectivity index (χ3v) is 5.50. The molecule has 1 aromatic rings. The summed E-state index contributed by atoms with van der Waals surface area (Å²) in [4.78, 5) is 24.3. The van der Waals surface area contributed by atoms with Crippen molar-refractivity contribution < 1.29 is 14.3 Å². The molecule has 126 valence electrons. The number of halogens is 1. The fourth-order valence-electron chi connectivity index (χ4n) is 3.21. The van der Waals surface area contributed by atoms with E-state index in [0.717, 1.165) is 30.2 Å². The van der Waals surface area contributed by atoms with Crippen molar-refractivity contribution in [2.24, 2.45) is 17.3 Å². The van der Waals surface area contributed by atoms with Gasteiger partial charge in [0.1, 0.15) is 0 Å². The molecule has 23 heavy (non-hydrogen) atoms. The van der Waals surface area contributed by atoms with Crippen LogP contribution in [0.3, 0.4) is 0 Å². The number of benzene rings is 1. The Morgan fingerprint density at radius 1 is 1.13 bits per heavy atom. The van der Waals surface area contributed by atoms with Crippen molar-refractivity contribution in [2.45, 2.75) is 46.5 Å². The van der Waals surface area contributed by atoms with E-state index in [-0.39, 0.29) is 24.3 Å². The third kappa shape index (κ3) is 4.90. The zero-order valence-corrected chi connectivity index (χ0v) is 15.7. The molecule has 0 amide bonds. The van der Waals surface area contributed by atoms with Crippen molar-refractivity contribution in [1.82, 2.24) is 0 Å². The van der Waals surface area contributed by atoms with Gasteiger partial charge in [-0.25, -0.2) is 0 Å². The van der Waals surface area contributed by atoms with Crippen molar-refractivity contribution in [3.63, 3.8) is 0 Å². The molecule has 0 spiro atoms. The predicted octanol–water partition coefficient (Wildman–Crippen LogP) is 5.03. The Morgan fingerprint density at radius 3 is 2.30 bits per heavy atom. The SMILES string of the molecule is CC(C)(C)C1CCC(C(=O)OCC(=O)c2ccccc2Br)CC1. The summed E-state index contributed by atoms with van der Waals surface area (Å²) in [6.45, 7) is 6.59. The van der Waals surface area contributed by atoms with Crippen LogP contribution in [0.2, 0.25) is 0 Å². The highest BCUT2D eigenvalue weighted by Crippen LogP contribution is 2.40. The molecule has 0 radical (unpaired) electrons. The van der Waals surface area contributed by atoms with Crippen LogP contribution in [0.15, 0.2) is 28.7 Å². The average molecular weight is 381 g/mol. The second-order valence-corrected chi connectivity index (χ2v) is 8.28. The summed E-state index contributed by atoms with van der Waals surface area (Å²) < 4.78 is 5.99. The number of hydrogen-bond acceptors (Lipinski definition) is 3. The van der Waals surface area contributed by atoms with Gasteiger partial charge in [0.25, 0.3) is 0 Å². The van der Waals surface area contributed by atoms with Crippen LogP contribution >= 0.6 is 15.9 Å². The van der Waals surface area contributed by atoms with Crippen molar-refractivity contribution >= 4 is 27.7 Å². The quantitative estimate of drug-likeness (QED) is 0.543. The van der Waals surface area contributed by atoms with E-state index < -0.39 is 0 Å². The zero-order valence-electron chi connectivity index (χ0n) is 14.1. The Hall–Kier alpha value is -1.16. The normalized spacial score (nSPS) is 21.7. The number of ketones is 1. The van der Waals surface area contributed by atoms with E-state index >= 15 is 0 Å². The maximum Gasteiger partial charge on any atom is 0.309 e. The van der Waals surface area contributed by atoms with Crippen LogP contribution in [-0.2, 0) is 9.53 Å². The van der Waals surface area contributed by atoms with E-state index in [1.54, 1.807) is 12.1 Å². The van der Waals surface area contributed by atoms with Crippen LogP contribution in [0.5, 0.6) is 0 Å². The van der Waals surface area contributed by atoms with Crippen molar-refractivity contribution in [2.75, 3.05) is 6.61 Å². The number of carbonyl (C=O) groups is 2. The number of esters is 1. The van der Waals surface area contributed by atoms with Gasteiger partial charge in [-0.15, -0.1) is 0 Å². The van der Waals surface area contributed by atoms with Crippen molar-refractivity contribution in [1.29, 1.82) is 0 Å². The molecule has 2 rings (SSSR count). The molecule has 0 N–H and O–H groups in total. The van der Waals surface area contributed by atoms with Gasteiger partial charge in [-0.2, -0.15) is 0 Å². The van der Waals surface area contributed by atoms with Gasteiger partial charge in [0.15, 0.2) is 6.61 Å². The first-order valence-corrected chi connectivity index (χ1v) is 9.02. The van der Waals surface area contributed by atoms with Crippen molar-refractivity contribution in [3.05, 3.63) is 34.3 Å². The van der Waals surface area contributed by atoms with E-state index in [1.807, 2.05) is 12.1 Å². The largest absolute Gasteiger partial charge is 0.457 e. The highest BCUT2D eigenvalue weighted by atomic mass is 79.9. The highest BCUT2D eigenvalue weighted by Gasteiger charge is 2.33. The molecular weight excluding hydrogens is 356 g/mol. The minimum Gasteiger partial charge on any atom is -0.457 e. The molecule has 1 saturated carbocycles. The van der Waals surface area contributed by atoms with Gasteiger partial charge in [0, 0.05) is 10.0 Å². The van der Waals surface area contributed by atoms with E-state index in [0.29, 0.717) is 16.9 Å². The number of rotatable bonds is 4. The van der Waals surface area contributed by atoms with Gasteiger partial charge >= 0.3 is 5.97 Å². The van der Waals surface area contributed by atoms with E-state index in [1.165, 1.54) is 0 Å². The minimum absolute atomic E-state index is 0.0550. The number of carbonyl (C=O) groups excluding carboxylic acids is 2. The second-order valence-electron chi connectivity index (χ2n) is 7.43. The summed E-state index contributed by atoms with van der Waals surface area (Å²) in [5.74, 6) is 0.209. The molecule has 4 heteroatoms. The van der Waals surface area contributed by atoms with Gasteiger partial charge in [0.05, 0.1) is 5.92 Å². The molecular formula is C19H25BrO3. The Kier molecular flexibility index (Phi) is 6.01.